The minimum atomic E-state index is -0.0265. The Bertz CT molecular complexity index is 1020. The topological polar surface area (TPSA) is 64.0 Å². The summed E-state index contributed by atoms with van der Waals surface area (Å²) in [5.74, 6) is 0.906. The lowest BCUT2D eigenvalue weighted by atomic mass is 10.2. The fraction of sp³-hybridized carbons (Fsp3) is 0.421. The first-order chi connectivity index (χ1) is 13.1. The van der Waals surface area contributed by atoms with Crippen LogP contribution in [0.3, 0.4) is 0 Å². The van der Waals surface area contributed by atoms with Crippen LogP contribution in [0.25, 0.3) is 20.7 Å². The average Bonchev–Trinajstić information content (AvgIpc) is 3.20. The van der Waals surface area contributed by atoms with Gasteiger partial charge in [0.2, 0.25) is 5.91 Å². The predicted octanol–water partition coefficient (Wildman–Crippen LogP) is 4.21. The van der Waals surface area contributed by atoms with Crippen molar-refractivity contribution in [2.75, 3.05) is 5.75 Å². The van der Waals surface area contributed by atoms with E-state index in [9.17, 15) is 9.59 Å². The SMILES string of the molecule is CCn1c(SCC(=O)N[C@H](C)C2CC2)nc2scc(-c3cccs3)c2c1=O. The minimum Gasteiger partial charge on any atom is -0.353 e. The molecule has 1 aliphatic rings. The molecule has 3 aromatic rings. The highest BCUT2D eigenvalue weighted by Gasteiger charge is 2.29. The fourth-order valence-electron chi connectivity index (χ4n) is 3.15. The summed E-state index contributed by atoms with van der Waals surface area (Å²) in [6.45, 7) is 4.53. The van der Waals surface area contributed by atoms with Crippen LogP contribution in [-0.2, 0) is 11.3 Å². The van der Waals surface area contributed by atoms with E-state index in [-0.39, 0.29) is 23.3 Å². The number of hydrogen-bond donors (Lipinski definition) is 1. The zero-order chi connectivity index (χ0) is 19.0. The van der Waals surface area contributed by atoms with Crippen LogP contribution < -0.4 is 10.9 Å². The summed E-state index contributed by atoms with van der Waals surface area (Å²) in [5.41, 5.74) is 0.929. The molecule has 1 amide bonds. The van der Waals surface area contributed by atoms with E-state index in [1.165, 1.54) is 35.9 Å². The normalized spacial score (nSPS) is 15.2. The molecule has 1 N–H and O–H groups in total. The van der Waals surface area contributed by atoms with Gasteiger partial charge in [0.05, 0.1) is 11.1 Å². The standard InChI is InChI=1S/C19H21N3O2S3/c1-3-22-18(24)16-13(14-5-4-8-25-14)9-26-17(16)21-19(22)27-10-15(23)20-11(2)12-6-7-12/h4-5,8-9,11-12H,3,6-7,10H2,1-2H3,(H,20,23)/t11-/m1/s1. The van der Waals surface area contributed by atoms with E-state index in [2.05, 4.69) is 12.2 Å². The van der Waals surface area contributed by atoms with Gasteiger partial charge in [-0.15, -0.1) is 22.7 Å². The van der Waals surface area contributed by atoms with E-state index < -0.39 is 0 Å². The van der Waals surface area contributed by atoms with Crippen molar-refractivity contribution >= 4 is 50.6 Å². The maximum absolute atomic E-state index is 13.1. The third-order valence-electron chi connectivity index (χ3n) is 4.81. The van der Waals surface area contributed by atoms with Crippen molar-refractivity contribution < 1.29 is 4.79 Å². The Morgan fingerprint density at radius 3 is 2.93 bits per heavy atom. The van der Waals surface area contributed by atoms with Gasteiger partial charge >= 0.3 is 0 Å². The number of rotatable bonds is 7. The number of amides is 1. The highest BCUT2D eigenvalue weighted by Crippen LogP contribution is 2.35. The molecular formula is C19H21N3O2S3. The van der Waals surface area contributed by atoms with Gasteiger partial charge in [-0.2, -0.15) is 0 Å². The lowest BCUT2D eigenvalue weighted by Gasteiger charge is -2.13. The zero-order valence-electron chi connectivity index (χ0n) is 15.2. The Balaban J connectivity index is 1.59. The van der Waals surface area contributed by atoms with Crippen LogP contribution >= 0.6 is 34.4 Å². The van der Waals surface area contributed by atoms with Gasteiger partial charge in [0.25, 0.3) is 5.56 Å². The number of nitrogens with one attached hydrogen (secondary N) is 1. The molecule has 0 aliphatic heterocycles. The third-order valence-corrected chi connectivity index (χ3v) is 7.56. The van der Waals surface area contributed by atoms with Crippen LogP contribution in [0, 0.1) is 5.92 Å². The molecule has 142 valence electrons. The van der Waals surface area contributed by atoms with Gasteiger partial charge in [-0.25, -0.2) is 4.98 Å². The minimum absolute atomic E-state index is 0.00172. The molecule has 0 spiro atoms. The quantitative estimate of drug-likeness (QED) is 0.460. The maximum atomic E-state index is 13.1. The summed E-state index contributed by atoms with van der Waals surface area (Å²) >= 11 is 4.45. The Kier molecular flexibility index (Phi) is 5.39. The number of carbonyl (C=O) groups excluding carboxylic acids is 1. The average molecular weight is 420 g/mol. The Hall–Kier alpha value is -1.64. The molecule has 5 nitrogen and oxygen atoms in total. The van der Waals surface area contributed by atoms with Crippen molar-refractivity contribution in [1.82, 2.24) is 14.9 Å². The molecule has 1 saturated carbocycles. The number of thiophene rings is 2. The number of aromatic nitrogens is 2. The Morgan fingerprint density at radius 2 is 2.26 bits per heavy atom. The molecule has 4 rings (SSSR count). The van der Waals surface area contributed by atoms with Gasteiger partial charge in [-0.1, -0.05) is 17.8 Å². The lowest BCUT2D eigenvalue weighted by molar-refractivity contribution is -0.119. The maximum Gasteiger partial charge on any atom is 0.263 e. The molecule has 8 heteroatoms. The number of hydrogen-bond acceptors (Lipinski definition) is 6. The van der Waals surface area contributed by atoms with Crippen LogP contribution in [0.4, 0.5) is 0 Å². The zero-order valence-corrected chi connectivity index (χ0v) is 17.7. The molecular weight excluding hydrogens is 398 g/mol. The van der Waals surface area contributed by atoms with Crippen molar-refractivity contribution in [3.8, 4) is 10.4 Å². The van der Waals surface area contributed by atoms with Gasteiger partial charge < -0.3 is 5.32 Å². The second-order valence-electron chi connectivity index (χ2n) is 6.73. The first kappa shape index (κ1) is 18.7. The molecule has 0 saturated heterocycles. The van der Waals surface area contributed by atoms with Crippen molar-refractivity contribution in [1.29, 1.82) is 0 Å². The highest BCUT2D eigenvalue weighted by molar-refractivity contribution is 7.99. The predicted molar refractivity (Wildman–Crippen MR) is 114 cm³/mol. The van der Waals surface area contributed by atoms with Gasteiger partial charge in [-0.3, -0.25) is 14.2 Å². The summed E-state index contributed by atoms with van der Waals surface area (Å²) < 4.78 is 1.68. The molecule has 3 heterocycles. The largest absolute Gasteiger partial charge is 0.353 e. The van der Waals surface area contributed by atoms with Crippen LogP contribution in [0.5, 0.6) is 0 Å². The first-order valence-corrected chi connectivity index (χ1v) is 11.8. The number of fused-ring (bicyclic) bond motifs is 1. The van der Waals surface area contributed by atoms with Crippen LogP contribution in [-0.4, -0.2) is 27.3 Å². The van der Waals surface area contributed by atoms with E-state index in [1.54, 1.807) is 15.9 Å². The van der Waals surface area contributed by atoms with E-state index in [0.29, 0.717) is 23.0 Å². The Labute approximate surface area is 169 Å². The second-order valence-corrected chi connectivity index (χ2v) is 9.48. The van der Waals surface area contributed by atoms with Gasteiger partial charge in [0.1, 0.15) is 4.83 Å². The van der Waals surface area contributed by atoms with Crippen LogP contribution in [0.1, 0.15) is 26.7 Å². The molecule has 0 aromatic carbocycles. The summed E-state index contributed by atoms with van der Waals surface area (Å²) in [4.78, 5) is 31.8. The van der Waals surface area contributed by atoms with E-state index >= 15 is 0 Å². The number of carbonyl (C=O) groups is 1. The van der Waals surface area contributed by atoms with Crippen LogP contribution in [0.2, 0.25) is 0 Å². The third kappa shape index (κ3) is 3.83. The van der Waals surface area contributed by atoms with E-state index in [1.807, 2.05) is 29.8 Å². The second kappa shape index (κ2) is 7.77. The van der Waals surface area contributed by atoms with Gasteiger partial charge in [0.15, 0.2) is 5.16 Å². The molecule has 0 radical (unpaired) electrons. The summed E-state index contributed by atoms with van der Waals surface area (Å²) in [7, 11) is 0. The molecule has 0 unspecified atom stereocenters. The molecule has 0 bridgehead atoms. The van der Waals surface area contributed by atoms with Crippen molar-refractivity contribution in [3.05, 3.63) is 33.2 Å². The molecule has 1 atom stereocenters. The molecule has 1 aliphatic carbocycles. The molecule has 1 fully saturated rings. The number of nitrogens with zero attached hydrogens (tertiary/aromatic N) is 2. The van der Waals surface area contributed by atoms with Crippen molar-refractivity contribution in [2.45, 2.75) is 44.4 Å². The smallest absolute Gasteiger partial charge is 0.263 e. The van der Waals surface area contributed by atoms with Crippen molar-refractivity contribution in [2.24, 2.45) is 5.92 Å². The molecule has 3 aromatic heterocycles. The van der Waals surface area contributed by atoms with Crippen LogP contribution in [0.15, 0.2) is 32.8 Å². The van der Waals surface area contributed by atoms with E-state index in [4.69, 9.17) is 4.98 Å². The number of thioether (sulfide) groups is 1. The lowest BCUT2D eigenvalue weighted by Crippen LogP contribution is -2.35. The Morgan fingerprint density at radius 1 is 1.44 bits per heavy atom. The highest BCUT2D eigenvalue weighted by atomic mass is 32.2. The summed E-state index contributed by atoms with van der Waals surface area (Å²) in [5, 5.41) is 8.36. The monoisotopic (exact) mass is 419 g/mol. The first-order valence-electron chi connectivity index (χ1n) is 9.06. The fourth-order valence-corrected chi connectivity index (χ4v) is 5.82. The van der Waals surface area contributed by atoms with Crippen molar-refractivity contribution in [3.63, 3.8) is 0 Å². The van der Waals surface area contributed by atoms with E-state index in [0.717, 1.165) is 15.3 Å². The van der Waals surface area contributed by atoms with Gasteiger partial charge in [-0.05, 0) is 44.1 Å². The summed E-state index contributed by atoms with van der Waals surface area (Å²) in [6.07, 6.45) is 2.40. The van der Waals surface area contributed by atoms with Gasteiger partial charge in [0, 0.05) is 28.4 Å². The summed E-state index contributed by atoms with van der Waals surface area (Å²) in [6, 6.07) is 4.24. The molecule has 27 heavy (non-hydrogen) atoms.